The Kier molecular flexibility index (Phi) is 4.12. The van der Waals surface area contributed by atoms with E-state index in [1.165, 1.54) is 12.1 Å². The van der Waals surface area contributed by atoms with Gasteiger partial charge in [0.15, 0.2) is 16.7 Å². The zero-order valence-corrected chi connectivity index (χ0v) is 10.7. The summed E-state index contributed by atoms with van der Waals surface area (Å²) in [5, 5.41) is 0.379. The third kappa shape index (κ3) is 2.52. The van der Waals surface area contributed by atoms with Crippen LogP contribution in [0, 0.1) is 0 Å². The highest BCUT2D eigenvalue weighted by Gasteiger charge is 2.18. The maximum Gasteiger partial charge on any atom is 0.199 e. The summed E-state index contributed by atoms with van der Waals surface area (Å²) in [6, 6.07) is 0. The van der Waals surface area contributed by atoms with Gasteiger partial charge in [-0.25, -0.2) is 9.97 Å². The summed E-state index contributed by atoms with van der Waals surface area (Å²) < 4.78 is 5.26. The van der Waals surface area contributed by atoms with Gasteiger partial charge in [0.25, 0.3) is 0 Å². The molecule has 4 nitrogen and oxygen atoms in total. The van der Waals surface area contributed by atoms with Crippen molar-refractivity contribution in [1.29, 1.82) is 0 Å². The molecule has 0 atom stereocenters. The zero-order valence-electron chi connectivity index (χ0n) is 9.15. The standard InChI is InChI=1S/C10H14ClN3OS/c1-15-8-9(11)12-7-13-10(8)14-3-2-5-16-6-4-14/h7H,2-6H2,1H3. The molecule has 1 aromatic heterocycles. The molecule has 0 aliphatic carbocycles. The van der Waals surface area contributed by atoms with E-state index in [1.807, 2.05) is 11.8 Å². The Hall–Kier alpha value is -0.680. The fraction of sp³-hybridized carbons (Fsp3) is 0.600. The summed E-state index contributed by atoms with van der Waals surface area (Å²) >= 11 is 7.95. The van der Waals surface area contributed by atoms with Crippen LogP contribution >= 0.6 is 23.4 Å². The summed E-state index contributed by atoms with van der Waals surface area (Å²) in [5.74, 6) is 3.71. The second kappa shape index (κ2) is 5.59. The van der Waals surface area contributed by atoms with E-state index in [4.69, 9.17) is 16.3 Å². The predicted octanol–water partition coefficient (Wildman–Crippen LogP) is 2.08. The van der Waals surface area contributed by atoms with Gasteiger partial charge in [-0.1, -0.05) is 11.6 Å². The number of aromatic nitrogens is 2. The number of anilines is 1. The molecule has 1 fully saturated rings. The number of rotatable bonds is 2. The van der Waals surface area contributed by atoms with Crippen molar-refractivity contribution in [2.45, 2.75) is 6.42 Å². The van der Waals surface area contributed by atoms with Gasteiger partial charge in [-0.05, 0) is 12.2 Å². The summed E-state index contributed by atoms with van der Waals surface area (Å²) in [6.07, 6.45) is 2.65. The first-order valence-electron chi connectivity index (χ1n) is 5.20. The Morgan fingerprint density at radius 1 is 1.38 bits per heavy atom. The van der Waals surface area contributed by atoms with Gasteiger partial charge < -0.3 is 9.64 Å². The molecule has 0 aromatic carbocycles. The molecular weight excluding hydrogens is 246 g/mol. The van der Waals surface area contributed by atoms with Crippen LogP contribution in [-0.2, 0) is 0 Å². The van der Waals surface area contributed by atoms with E-state index in [2.05, 4.69) is 14.9 Å². The van der Waals surface area contributed by atoms with Crippen molar-refractivity contribution in [3.63, 3.8) is 0 Å². The van der Waals surface area contributed by atoms with Gasteiger partial charge in [-0.3, -0.25) is 0 Å². The highest BCUT2D eigenvalue weighted by molar-refractivity contribution is 7.99. The van der Waals surface area contributed by atoms with E-state index < -0.39 is 0 Å². The van der Waals surface area contributed by atoms with Crippen LogP contribution in [0.1, 0.15) is 6.42 Å². The van der Waals surface area contributed by atoms with Gasteiger partial charge in [0.2, 0.25) is 0 Å². The van der Waals surface area contributed by atoms with Gasteiger partial charge in [-0.2, -0.15) is 11.8 Å². The molecule has 0 bridgehead atoms. The maximum absolute atomic E-state index is 5.98. The van der Waals surface area contributed by atoms with Crippen molar-refractivity contribution in [3.8, 4) is 5.75 Å². The molecule has 1 saturated heterocycles. The van der Waals surface area contributed by atoms with E-state index in [9.17, 15) is 0 Å². The van der Waals surface area contributed by atoms with E-state index in [0.717, 1.165) is 31.1 Å². The molecule has 1 aliphatic heterocycles. The highest BCUT2D eigenvalue weighted by atomic mass is 35.5. The van der Waals surface area contributed by atoms with Crippen LogP contribution in [0.2, 0.25) is 5.15 Å². The molecule has 88 valence electrons. The van der Waals surface area contributed by atoms with Crippen molar-refractivity contribution in [2.24, 2.45) is 0 Å². The molecule has 2 rings (SSSR count). The van der Waals surface area contributed by atoms with Crippen LogP contribution in [-0.4, -0.2) is 41.7 Å². The number of nitrogens with zero attached hydrogens (tertiary/aromatic N) is 3. The Morgan fingerprint density at radius 2 is 2.25 bits per heavy atom. The number of methoxy groups -OCH3 is 1. The smallest absolute Gasteiger partial charge is 0.199 e. The molecule has 1 aromatic rings. The topological polar surface area (TPSA) is 38.3 Å². The maximum atomic E-state index is 5.98. The summed E-state index contributed by atoms with van der Waals surface area (Å²) in [7, 11) is 1.60. The van der Waals surface area contributed by atoms with Crippen molar-refractivity contribution in [2.75, 3.05) is 36.6 Å². The average molecular weight is 260 g/mol. The molecule has 0 N–H and O–H groups in total. The van der Waals surface area contributed by atoms with Crippen molar-refractivity contribution in [1.82, 2.24) is 9.97 Å². The lowest BCUT2D eigenvalue weighted by atomic mass is 10.4. The van der Waals surface area contributed by atoms with Crippen LogP contribution < -0.4 is 9.64 Å². The minimum Gasteiger partial charge on any atom is -0.490 e. The molecule has 6 heteroatoms. The summed E-state index contributed by atoms with van der Waals surface area (Å²) in [5.41, 5.74) is 0. The van der Waals surface area contributed by atoms with Crippen molar-refractivity contribution >= 4 is 29.2 Å². The molecule has 16 heavy (non-hydrogen) atoms. The van der Waals surface area contributed by atoms with Gasteiger partial charge in [0, 0.05) is 18.8 Å². The molecule has 0 amide bonds. The van der Waals surface area contributed by atoms with Gasteiger partial charge >= 0.3 is 0 Å². The lowest BCUT2D eigenvalue weighted by Crippen LogP contribution is -2.27. The minimum atomic E-state index is 0.379. The predicted molar refractivity (Wildman–Crippen MR) is 67.7 cm³/mol. The first kappa shape index (κ1) is 11.8. The number of hydrogen-bond acceptors (Lipinski definition) is 5. The lowest BCUT2D eigenvalue weighted by Gasteiger charge is -2.22. The van der Waals surface area contributed by atoms with Crippen molar-refractivity contribution in [3.05, 3.63) is 11.5 Å². The largest absolute Gasteiger partial charge is 0.490 e. The Balaban J connectivity index is 2.27. The highest BCUT2D eigenvalue weighted by Crippen LogP contribution is 2.32. The molecular formula is C10H14ClN3OS. The Labute approximate surface area is 104 Å². The Bertz CT molecular complexity index is 356. The summed E-state index contributed by atoms with van der Waals surface area (Å²) in [6.45, 7) is 1.98. The zero-order chi connectivity index (χ0) is 11.4. The molecule has 0 unspecified atom stereocenters. The van der Waals surface area contributed by atoms with E-state index in [1.54, 1.807) is 7.11 Å². The fourth-order valence-electron chi connectivity index (χ4n) is 1.70. The normalized spacial score (nSPS) is 17.0. The monoisotopic (exact) mass is 259 g/mol. The molecule has 0 radical (unpaired) electrons. The summed E-state index contributed by atoms with van der Waals surface area (Å²) in [4.78, 5) is 10.4. The number of hydrogen-bond donors (Lipinski definition) is 0. The average Bonchev–Trinajstić information content (AvgIpc) is 2.57. The SMILES string of the molecule is COc1c(Cl)ncnc1N1CCCSCC1. The van der Waals surface area contributed by atoms with Crippen LogP contribution in [0.3, 0.4) is 0 Å². The van der Waals surface area contributed by atoms with E-state index >= 15 is 0 Å². The minimum absolute atomic E-state index is 0.379. The van der Waals surface area contributed by atoms with E-state index in [-0.39, 0.29) is 0 Å². The van der Waals surface area contributed by atoms with Crippen LogP contribution in [0.5, 0.6) is 5.75 Å². The van der Waals surface area contributed by atoms with E-state index in [0.29, 0.717) is 10.9 Å². The molecule has 1 aliphatic rings. The van der Waals surface area contributed by atoms with Crippen LogP contribution in [0.4, 0.5) is 5.82 Å². The second-order valence-electron chi connectivity index (χ2n) is 3.47. The van der Waals surface area contributed by atoms with Gasteiger partial charge in [-0.15, -0.1) is 0 Å². The number of halogens is 1. The fourth-order valence-corrected chi connectivity index (χ4v) is 2.79. The molecule has 0 spiro atoms. The lowest BCUT2D eigenvalue weighted by molar-refractivity contribution is 0.410. The number of ether oxygens (including phenoxy) is 1. The number of thioether (sulfide) groups is 1. The Morgan fingerprint density at radius 3 is 3.06 bits per heavy atom. The first-order valence-corrected chi connectivity index (χ1v) is 6.73. The second-order valence-corrected chi connectivity index (χ2v) is 5.06. The quantitative estimate of drug-likeness (QED) is 0.761. The van der Waals surface area contributed by atoms with Crippen LogP contribution in [0.15, 0.2) is 6.33 Å². The molecule has 2 heterocycles. The third-order valence-corrected chi connectivity index (χ3v) is 3.79. The third-order valence-electron chi connectivity index (χ3n) is 2.47. The van der Waals surface area contributed by atoms with Gasteiger partial charge in [0.1, 0.15) is 6.33 Å². The van der Waals surface area contributed by atoms with Crippen molar-refractivity contribution < 1.29 is 4.74 Å². The van der Waals surface area contributed by atoms with Gasteiger partial charge in [0.05, 0.1) is 7.11 Å². The first-order chi connectivity index (χ1) is 7.83. The molecule has 0 saturated carbocycles. The van der Waals surface area contributed by atoms with Crippen LogP contribution in [0.25, 0.3) is 0 Å².